The highest BCUT2D eigenvalue weighted by Gasteiger charge is 2.29. The van der Waals surface area contributed by atoms with E-state index < -0.39 is 17.2 Å². The summed E-state index contributed by atoms with van der Waals surface area (Å²) in [5, 5.41) is 0. The lowest BCUT2D eigenvalue weighted by Crippen LogP contribution is -2.42. The Balaban J connectivity index is 1.49. The summed E-state index contributed by atoms with van der Waals surface area (Å²) in [5.41, 5.74) is 0.472. The van der Waals surface area contributed by atoms with Crippen molar-refractivity contribution in [2.75, 3.05) is 32.8 Å². The van der Waals surface area contributed by atoms with Gasteiger partial charge in [-0.2, -0.15) is 0 Å². The molecule has 0 radical (unpaired) electrons. The molecule has 1 aromatic rings. The summed E-state index contributed by atoms with van der Waals surface area (Å²) in [7, 11) is 0. The van der Waals surface area contributed by atoms with Gasteiger partial charge >= 0.3 is 12.1 Å². The number of piperidine rings is 1. The number of benzene rings is 1. The number of likely N-dealkylation sites (tertiary alicyclic amines) is 1. The third kappa shape index (κ3) is 7.37. The Bertz CT molecular complexity index is 907. The van der Waals surface area contributed by atoms with Crippen molar-refractivity contribution in [2.45, 2.75) is 72.0 Å². The molecule has 1 saturated heterocycles. The van der Waals surface area contributed by atoms with Crippen LogP contribution >= 0.6 is 0 Å². The zero-order valence-corrected chi connectivity index (χ0v) is 21.3. The first-order chi connectivity index (χ1) is 15.8. The molecule has 34 heavy (non-hydrogen) atoms. The van der Waals surface area contributed by atoms with Gasteiger partial charge in [0.15, 0.2) is 0 Å². The molecular formula is C26H38N2O6. The molecule has 2 aliphatic heterocycles. The van der Waals surface area contributed by atoms with Crippen LogP contribution in [0.5, 0.6) is 5.75 Å². The highest BCUT2D eigenvalue weighted by molar-refractivity contribution is 5.98. The average Bonchev–Trinajstić information content (AvgIpc) is 2.72. The van der Waals surface area contributed by atoms with Gasteiger partial charge in [0, 0.05) is 25.2 Å². The Morgan fingerprint density at radius 1 is 0.971 bits per heavy atom. The number of amides is 2. The first kappa shape index (κ1) is 25.8. The molecule has 0 spiro atoms. The summed E-state index contributed by atoms with van der Waals surface area (Å²) in [4.78, 5) is 40.5. The molecule has 8 heteroatoms. The van der Waals surface area contributed by atoms with Crippen LogP contribution in [0.4, 0.5) is 4.79 Å². The number of hydrogen-bond donors (Lipinski definition) is 0. The minimum Gasteiger partial charge on any atom is -0.493 e. The standard InChI is InChI=1S/C26H38N2O6/c1-25(2,3)33-22(29)16-28-14-11-19-15-20(7-8-21(19)23(28)30)32-17-18-9-12-27(13-10-18)24(31)34-26(4,5)6/h7-8,15,18H,9-14,16-17H2,1-6H3. The Morgan fingerprint density at radius 3 is 2.24 bits per heavy atom. The molecule has 0 unspecified atom stereocenters. The number of nitrogens with zero attached hydrogens (tertiary/aromatic N) is 2. The van der Waals surface area contributed by atoms with Crippen molar-refractivity contribution >= 4 is 18.0 Å². The summed E-state index contributed by atoms with van der Waals surface area (Å²) in [6, 6.07) is 5.51. The topological polar surface area (TPSA) is 85.4 Å². The van der Waals surface area contributed by atoms with Crippen molar-refractivity contribution in [3.05, 3.63) is 29.3 Å². The molecule has 188 valence electrons. The number of esters is 1. The molecule has 1 fully saturated rings. The van der Waals surface area contributed by atoms with Gasteiger partial charge in [-0.05, 0) is 90.5 Å². The lowest BCUT2D eigenvalue weighted by molar-refractivity contribution is -0.155. The van der Waals surface area contributed by atoms with Crippen LogP contribution < -0.4 is 4.74 Å². The molecule has 3 rings (SSSR count). The maximum absolute atomic E-state index is 12.8. The fraction of sp³-hybridized carbons (Fsp3) is 0.654. The first-order valence-corrected chi connectivity index (χ1v) is 12.1. The zero-order valence-electron chi connectivity index (χ0n) is 21.3. The predicted octanol–water partition coefficient (Wildman–Crippen LogP) is 4.05. The fourth-order valence-electron chi connectivity index (χ4n) is 4.11. The van der Waals surface area contributed by atoms with Crippen LogP contribution in [0.3, 0.4) is 0 Å². The minimum absolute atomic E-state index is 0.0458. The molecule has 0 atom stereocenters. The van der Waals surface area contributed by atoms with Gasteiger partial charge in [-0.1, -0.05) is 0 Å². The van der Waals surface area contributed by atoms with Crippen molar-refractivity contribution < 1.29 is 28.6 Å². The Morgan fingerprint density at radius 2 is 1.62 bits per heavy atom. The van der Waals surface area contributed by atoms with Crippen molar-refractivity contribution in [3.63, 3.8) is 0 Å². The van der Waals surface area contributed by atoms with E-state index >= 15 is 0 Å². The lowest BCUT2D eigenvalue weighted by atomic mass is 9.97. The monoisotopic (exact) mass is 474 g/mol. The number of carbonyl (C=O) groups excluding carboxylic acids is 3. The number of rotatable bonds is 5. The second-order valence-electron chi connectivity index (χ2n) is 11.1. The van der Waals surface area contributed by atoms with Gasteiger partial charge in [0.1, 0.15) is 23.5 Å². The minimum atomic E-state index is -0.577. The molecule has 2 heterocycles. The molecule has 0 saturated carbocycles. The highest BCUT2D eigenvalue weighted by atomic mass is 16.6. The molecule has 2 amide bonds. The van der Waals surface area contributed by atoms with Gasteiger partial charge in [-0.3, -0.25) is 9.59 Å². The highest BCUT2D eigenvalue weighted by Crippen LogP contribution is 2.26. The van der Waals surface area contributed by atoms with E-state index in [4.69, 9.17) is 14.2 Å². The number of ether oxygens (including phenoxy) is 3. The smallest absolute Gasteiger partial charge is 0.410 e. The van der Waals surface area contributed by atoms with Crippen LogP contribution in [0.1, 0.15) is 70.3 Å². The second-order valence-corrected chi connectivity index (χ2v) is 11.1. The second kappa shape index (κ2) is 10.2. The van der Waals surface area contributed by atoms with Crippen LogP contribution in [-0.4, -0.2) is 71.8 Å². The molecular weight excluding hydrogens is 436 g/mol. The van der Waals surface area contributed by atoms with Crippen molar-refractivity contribution in [2.24, 2.45) is 5.92 Å². The van der Waals surface area contributed by atoms with Crippen LogP contribution in [-0.2, 0) is 20.7 Å². The maximum atomic E-state index is 12.8. The van der Waals surface area contributed by atoms with E-state index in [2.05, 4.69) is 0 Å². The third-order valence-corrected chi connectivity index (χ3v) is 5.74. The maximum Gasteiger partial charge on any atom is 0.410 e. The van der Waals surface area contributed by atoms with E-state index in [9.17, 15) is 14.4 Å². The molecule has 8 nitrogen and oxygen atoms in total. The predicted molar refractivity (Wildman–Crippen MR) is 128 cm³/mol. The number of fused-ring (bicyclic) bond motifs is 1. The summed E-state index contributed by atoms with van der Waals surface area (Å²) >= 11 is 0. The van der Waals surface area contributed by atoms with Gasteiger partial charge < -0.3 is 24.0 Å². The molecule has 0 N–H and O–H groups in total. The molecule has 2 aliphatic rings. The molecule has 0 bridgehead atoms. The van der Waals surface area contributed by atoms with E-state index in [0.29, 0.717) is 44.1 Å². The van der Waals surface area contributed by atoms with E-state index in [1.165, 1.54) is 4.90 Å². The zero-order chi connectivity index (χ0) is 25.1. The van der Waals surface area contributed by atoms with Crippen LogP contribution in [0.25, 0.3) is 0 Å². The molecule has 0 aromatic heterocycles. The van der Waals surface area contributed by atoms with Gasteiger partial charge in [0.05, 0.1) is 6.61 Å². The van der Waals surface area contributed by atoms with E-state index in [0.717, 1.165) is 24.2 Å². The Hall–Kier alpha value is -2.77. The lowest BCUT2D eigenvalue weighted by Gasteiger charge is -2.33. The van der Waals surface area contributed by atoms with Gasteiger partial charge in [-0.25, -0.2) is 4.79 Å². The van der Waals surface area contributed by atoms with Gasteiger partial charge in [-0.15, -0.1) is 0 Å². The summed E-state index contributed by atoms with van der Waals surface area (Å²) < 4.78 is 16.8. The normalized spacial score (nSPS) is 17.3. The summed E-state index contributed by atoms with van der Waals surface area (Å²) in [5.74, 6) is 0.539. The quantitative estimate of drug-likeness (QED) is 0.599. The SMILES string of the molecule is CC(C)(C)OC(=O)CN1CCc2cc(OCC3CCN(C(=O)OC(C)(C)C)CC3)ccc2C1=O. The van der Waals surface area contributed by atoms with E-state index in [-0.39, 0.29) is 18.5 Å². The van der Waals surface area contributed by atoms with Crippen molar-refractivity contribution in [3.8, 4) is 5.75 Å². The Labute approximate surface area is 202 Å². The number of carbonyl (C=O) groups is 3. The Kier molecular flexibility index (Phi) is 7.78. The first-order valence-electron chi connectivity index (χ1n) is 12.1. The van der Waals surface area contributed by atoms with E-state index in [1.54, 1.807) is 11.0 Å². The third-order valence-electron chi connectivity index (χ3n) is 5.74. The van der Waals surface area contributed by atoms with Crippen LogP contribution in [0, 0.1) is 5.92 Å². The van der Waals surface area contributed by atoms with Crippen LogP contribution in [0.2, 0.25) is 0 Å². The summed E-state index contributed by atoms with van der Waals surface area (Å²) in [6.07, 6.45) is 2.13. The van der Waals surface area contributed by atoms with Crippen LogP contribution in [0.15, 0.2) is 18.2 Å². The van der Waals surface area contributed by atoms with E-state index in [1.807, 2.05) is 53.7 Å². The van der Waals surface area contributed by atoms with Crippen molar-refractivity contribution in [1.82, 2.24) is 9.80 Å². The summed E-state index contributed by atoms with van der Waals surface area (Å²) in [6.45, 7) is 13.4. The molecule has 1 aromatic carbocycles. The van der Waals surface area contributed by atoms with Gasteiger partial charge in [0.2, 0.25) is 0 Å². The molecule has 0 aliphatic carbocycles. The van der Waals surface area contributed by atoms with Crippen molar-refractivity contribution in [1.29, 1.82) is 0 Å². The number of hydrogen-bond acceptors (Lipinski definition) is 6. The average molecular weight is 475 g/mol. The fourth-order valence-corrected chi connectivity index (χ4v) is 4.11. The largest absolute Gasteiger partial charge is 0.493 e. The van der Waals surface area contributed by atoms with Gasteiger partial charge in [0.25, 0.3) is 5.91 Å².